The third-order valence-electron chi connectivity index (χ3n) is 8.41. The monoisotopic (exact) mass is 654 g/mol. The Kier molecular flexibility index (Phi) is 10.7. The molecule has 2 N–H and O–H groups in total. The maximum Gasteiger partial charge on any atom is 0.309 e. The largest absolute Gasteiger partial charge is 0.493 e. The number of thioether (sulfide) groups is 1. The van der Waals surface area contributed by atoms with Gasteiger partial charge in [-0.3, -0.25) is 14.5 Å². The summed E-state index contributed by atoms with van der Waals surface area (Å²) in [7, 11) is 1.54. The molecule has 0 spiro atoms. The average Bonchev–Trinajstić information content (AvgIpc) is 3.66. The molecule has 0 bridgehead atoms. The fourth-order valence-electron chi connectivity index (χ4n) is 6.30. The molecule has 3 aromatic carbocycles. The SMILES string of the molecule is CCc1cc(Cl)cc(CC)c1NC(=O)CN1C[C@H](c2cc(OC)c3c(c2)OCO3)C(C(=O)O)[C@@H]1c1ccc(OCCSC)cc1. The van der Waals surface area contributed by atoms with E-state index >= 15 is 0 Å². The lowest BCUT2D eigenvalue weighted by Gasteiger charge is -2.27. The lowest BCUT2D eigenvalue weighted by molar-refractivity contribution is -0.143. The van der Waals surface area contributed by atoms with Crippen molar-refractivity contribution in [3.8, 4) is 23.0 Å². The lowest BCUT2D eigenvalue weighted by Crippen LogP contribution is -2.35. The first-order valence-electron chi connectivity index (χ1n) is 15.0. The van der Waals surface area contributed by atoms with Gasteiger partial charge in [-0.05, 0) is 77.7 Å². The number of hydrogen-bond donors (Lipinski definition) is 2. The van der Waals surface area contributed by atoms with E-state index in [0.29, 0.717) is 54.0 Å². The number of nitrogens with zero attached hydrogens (tertiary/aromatic N) is 1. The molecule has 9 nitrogen and oxygen atoms in total. The molecule has 3 atom stereocenters. The molecule has 1 amide bonds. The number of halogens is 1. The smallest absolute Gasteiger partial charge is 0.309 e. The number of nitrogens with one attached hydrogen (secondary N) is 1. The van der Waals surface area contributed by atoms with Gasteiger partial charge in [0.05, 0.1) is 26.2 Å². The molecule has 1 saturated heterocycles. The molecule has 45 heavy (non-hydrogen) atoms. The number of hydrogen-bond acceptors (Lipinski definition) is 8. The molecule has 2 heterocycles. The Morgan fingerprint density at radius 3 is 2.40 bits per heavy atom. The van der Waals surface area contributed by atoms with E-state index in [0.717, 1.165) is 33.7 Å². The zero-order valence-corrected chi connectivity index (χ0v) is 27.5. The van der Waals surface area contributed by atoms with Crippen LogP contribution in [0.2, 0.25) is 5.02 Å². The van der Waals surface area contributed by atoms with Gasteiger partial charge in [0.1, 0.15) is 5.75 Å². The van der Waals surface area contributed by atoms with Crippen molar-refractivity contribution in [1.29, 1.82) is 0 Å². The zero-order chi connectivity index (χ0) is 32.1. The van der Waals surface area contributed by atoms with Crippen LogP contribution < -0.4 is 24.3 Å². The number of anilines is 1. The molecular weight excluding hydrogens is 616 g/mol. The van der Waals surface area contributed by atoms with Gasteiger partial charge in [0.15, 0.2) is 11.5 Å². The van der Waals surface area contributed by atoms with E-state index in [9.17, 15) is 14.7 Å². The highest BCUT2D eigenvalue weighted by molar-refractivity contribution is 7.98. The van der Waals surface area contributed by atoms with Crippen LogP contribution in [0.15, 0.2) is 48.5 Å². The van der Waals surface area contributed by atoms with Crippen LogP contribution in [0.4, 0.5) is 5.69 Å². The summed E-state index contributed by atoms with van der Waals surface area (Å²) in [6, 6.07) is 14.3. The topological polar surface area (TPSA) is 107 Å². The number of rotatable bonds is 13. The van der Waals surface area contributed by atoms with Crippen molar-refractivity contribution in [3.05, 3.63) is 75.8 Å². The van der Waals surface area contributed by atoms with Crippen molar-refractivity contribution in [3.63, 3.8) is 0 Å². The molecule has 2 aliphatic rings. The number of fused-ring (bicyclic) bond motifs is 1. The fraction of sp³-hybridized carbons (Fsp3) is 0.412. The molecule has 0 saturated carbocycles. The molecule has 2 aliphatic heterocycles. The van der Waals surface area contributed by atoms with Gasteiger partial charge in [-0.15, -0.1) is 0 Å². The number of ether oxygens (including phenoxy) is 4. The molecule has 5 rings (SSSR count). The van der Waals surface area contributed by atoms with Crippen LogP contribution >= 0.6 is 23.4 Å². The summed E-state index contributed by atoms with van der Waals surface area (Å²) in [6.07, 6.45) is 3.43. The van der Waals surface area contributed by atoms with Gasteiger partial charge in [0.25, 0.3) is 0 Å². The normalized spacial score (nSPS) is 19.0. The van der Waals surface area contributed by atoms with Crippen molar-refractivity contribution in [2.75, 3.05) is 50.9 Å². The summed E-state index contributed by atoms with van der Waals surface area (Å²) < 4.78 is 22.7. The minimum atomic E-state index is -0.955. The molecule has 0 aliphatic carbocycles. The fourth-order valence-corrected chi connectivity index (χ4v) is 6.82. The summed E-state index contributed by atoms with van der Waals surface area (Å²) >= 11 is 8.05. The van der Waals surface area contributed by atoms with Crippen LogP contribution in [0.3, 0.4) is 0 Å². The van der Waals surface area contributed by atoms with Crippen molar-refractivity contribution in [1.82, 2.24) is 4.90 Å². The predicted octanol–water partition coefficient (Wildman–Crippen LogP) is 6.42. The maximum absolute atomic E-state index is 13.7. The number of carbonyl (C=O) groups is 2. The van der Waals surface area contributed by atoms with Crippen molar-refractivity contribution >= 4 is 40.9 Å². The van der Waals surface area contributed by atoms with E-state index in [1.807, 2.05) is 73.5 Å². The highest BCUT2D eigenvalue weighted by Crippen LogP contribution is 2.50. The highest BCUT2D eigenvalue weighted by atomic mass is 35.5. The summed E-state index contributed by atoms with van der Waals surface area (Å²) in [6.45, 7) is 5.00. The Labute approximate surface area is 273 Å². The molecule has 0 radical (unpaired) electrons. The van der Waals surface area contributed by atoms with Crippen LogP contribution in [-0.4, -0.2) is 67.5 Å². The second-order valence-corrected chi connectivity index (χ2v) is 12.5. The Balaban J connectivity index is 1.50. The minimum Gasteiger partial charge on any atom is -0.493 e. The average molecular weight is 655 g/mol. The minimum absolute atomic E-state index is 0.00641. The highest BCUT2D eigenvalue weighted by Gasteiger charge is 2.48. The number of amides is 1. The Morgan fingerprint density at radius 2 is 1.78 bits per heavy atom. The number of aryl methyl sites for hydroxylation is 2. The summed E-state index contributed by atoms with van der Waals surface area (Å²) in [5, 5.41) is 14.5. The van der Waals surface area contributed by atoms with E-state index in [2.05, 4.69) is 5.32 Å². The van der Waals surface area contributed by atoms with Crippen molar-refractivity contribution in [2.24, 2.45) is 5.92 Å². The number of methoxy groups -OCH3 is 1. The van der Waals surface area contributed by atoms with Gasteiger partial charge in [0.2, 0.25) is 18.4 Å². The first-order valence-corrected chi connectivity index (χ1v) is 16.8. The molecule has 11 heteroatoms. The van der Waals surface area contributed by atoms with Gasteiger partial charge in [-0.2, -0.15) is 11.8 Å². The molecule has 1 unspecified atom stereocenters. The predicted molar refractivity (Wildman–Crippen MR) is 176 cm³/mol. The van der Waals surface area contributed by atoms with Crippen molar-refractivity contribution < 1.29 is 33.6 Å². The number of aliphatic carboxylic acids is 1. The Bertz CT molecular complexity index is 1510. The van der Waals surface area contributed by atoms with Gasteiger partial charge in [0, 0.05) is 35.0 Å². The molecular formula is C34H39ClN2O7S. The van der Waals surface area contributed by atoms with E-state index < -0.39 is 23.8 Å². The number of likely N-dealkylation sites (tertiary alicyclic amines) is 1. The van der Waals surface area contributed by atoms with E-state index in [4.69, 9.17) is 30.5 Å². The van der Waals surface area contributed by atoms with Crippen LogP contribution in [0.1, 0.15) is 48.1 Å². The second-order valence-electron chi connectivity index (χ2n) is 11.1. The van der Waals surface area contributed by atoms with Crippen molar-refractivity contribution in [2.45, 2.75) is 38.6 Å². The third kappa shape index (κ3) is 7.13. The van der Waals surface area contributed by atoms with E-state index in [-0.39, 0.29) is 19.2 Å². The third-order valence-corrected chi connectivity index (χ3v) is 9.20. The summed E-state index contributed by atoms with van der Waals surface area (Å²) in [5.74, 6) is 0.551. The van der Waals surface area contributed by atoms with Gasteiger partial charge < -0.3 is 29.4 Å². The number of carboxylic acid groups (broad SMARTS) is 1. The van der Waals surface area contributed by atoms with Gasteiger partial charge >= 0.3 is 5.97 Å². The molecule has 3 aromatic rings. The number of carboxylic acids is 1. The first kappa shape index (κ1) is 32.8. The van der Waals surface area contributed by atoms with E-state index in [1.165, 1.54) is 0 Å². The second kappa shape index (κ2) is 14.7. The quantitative estimate of drug-likeness (QED) is 0.202. The zero-order valence-electron chi connectivity index (χ0n) is 25.9. The van der Waals surface area contributed by atoms with Crippen LogP contribution in [0.25, 0.3) is 0 Å². The molecule has 0 aromatic heterocycles. The maximum atomic E-state index is 13.7. The van der Waals surface area contributed by atoms with Crippen LogP contribution in [0, 0.1) is 5.92 Å². The van der Waals surface area contributed by atoms with E-state index in [1.54, 1.807) is 18.9 Å². The molecule has 240 valence electrons. The Morgan fingerprint density at radius 1 is 1.07 bits per heavy atom. The first-order chi connectivity index (χ1) is 21.8. The van der Waals surface area contributed by atoms with Crippen LogP contribution in [0.5, 0.6) is 23.0 Å². The number of benzene rings is 3. The summed E-state index contributed by atoms with van der Waals surface area (Å²) in [5.41, 5.74) is 4.21. The number of carbonyl (C=O) groups excluding carboxylic acids is 1. The van der Waals surface area contributed by atoms with Gasteiger partial charge in [-0.1, -0.05) is 37.6 Å². The van der Waals surface area contributed by atoms with Crippen LogP contribution in [-0.2, 0) is 22.4 Å². The summed E-state index contributed by atoms with van der Waals surface area (Å²) in [4.78, 5) is 28.7. The lowest BCUT2D eigenvalue weighted by atomic mass is 9.82. The Hall–Kier alpha value is -3.60. The molecule has 1 fully saturated rings. The standard InChI is InChI=1S/C34H39ClN2O7S/c1-5-20-13-24(35)14-21(6-2)31(20)36-29(38)18-37-17-26(23-15-27(41-3)33-28(16-23)43-19-44-33)30(34(39)40)32(37)22-7-9-25(10-8-22)42-11-12-45-4/h7-10,13-16,26,30,32H,5-6,11-12,17-19H2,1-4H3,(H,36,38)(H,39,40)/t26-,30?,32+/m1/s1. The van der Waals surface area contributed by atoms with Gasteiger partial charge in [-0.25, -0.2) is 0 Å².